The fourth-order valence-corrected chi connectivity index (χ4v) is 2.47. The van der Waals surface area contributed by atoms with Crippen molar-refractivity contribution < 1.29 is 19.5 Å². The van der Waals surface area contributed by atoms with E-state index < -0.39 is 30.4 Å². The van der Waals surface area contributed by atoms with Crippen LogP contribution in [0.25, 0.3) is 0 Å². The largest absolute Gasteiger partial charge is 0.480 e. The Morgan fingerprint density at radius 2 is 1.95 bits per heavy atom. The van der Waals surface area contributed by atoms with Crippen molar-refractivity contribution in [3.63, 3.8) is 0 Å². The van der Waals surface area contributed by atoms with Gasteiger partial charge in [0.25, 0.3) is 0 Å². The molecule has 3 amide bonds. The normalized spacial score (nSPS) is 17.6. The predicted molar refractivity (Wildman–Crippen MR) is 73.0 cm³/mol. The van der Waals surface area contributed by atoms with E-state index in [1.165, 1.54) is 0 Å². The van der Waals surface area contributed by atoms with Crippen LogP contribution in [0.2, 0.25) is 0 Å². The molecular formula is C13H23N3O4. The van der Waals surface area contributed by atoms with Gasteiger partial charge in [0.15, 0.2) is 0 Å². The van der Waals surface area contributed by atoms with Crippen molar-refractivity contribution in [2.75, 3.05) is 13.1 Å². The number of aliphatic carboxylic acids is 1. The molecule has 1 saturated heterocycles. The van der Waals surface area contributed by atoms with E-state index in [9.17, 15) is 14.4 Å². The van der Waals surface area contributed by atoms with Crippen LogP contribution in [0.1, 0.15) is 39.0 Å². The van der Waals surface area contributed by atoms with Gasteiger partial charge in [-0.1, -0.05) is 19.8 Å². The zero-order valence-electron chi connectivity index (χ0n) is 11.8. The molecule has 20 heavy (non-hydrogen) atoms. The standard InChI is InChI=1S/C13H23N3O4/c1-2-3-9-4-6-16(7-5-9)13(20)15-10(12(18)19)8-11(14)17/h9-10H,2-8H2,1H3,(H2,14,17)(H,15,20)(H,18,19)/t10-/m0/s1. The highest BCUT2D eigenvalue weighted by Crippen LogP contribution is 2.21. The smallest absolute Gasteiger partial charge is 0.326 e. The second kappa shape index (κ2) is 7.72. The zero-order chi connectivity index (χ0) is 15.1. The number of carbonyl (C=O) groups is 3. The summed E-state index contributed by atoms with van der Waals surface area (Å²) in [4.78, 5) is 35.3. The number of nitrogens with zero attached hydrogens (tertiary/aromatic N) is 1. The quantitative estimate of drug-likeness (QED) is 0.661. The minimum atomic E-state index is -1.26. The summed E-state index contributed by atoms with van der Waals surface area (Å²) < 4.78 is 0. The molecule has 0 aromatic carbocycles. The van der Waals surface area contributed by atoms with E-state index >= 15 is 0 Å². The van der Waals surface area contributed by atoms with E-state index in [4.69, 9.17) is 10.8 Å². The lowest BCUT2D eigenvalue weighted by Crippen LogP contribution is -2.51. The fraction of sp³-hybridized carbons (Fsp3) is 0.769. The van der Waals surface area contributed by atoms with Crippen LogP contribution in [0, 0.1) is 5.92 Å². The lowest BCUT2D eigenvalue weighted by atomic mass is 9.93. The SMILES string of the molecule is CCCC1CCN(C(=O)N[C@@H](CC(N)=O)C(=O)O)CC1. The predicted octanol–water partition coefficient (Wildman–Crippen LogP) is 0.537. The van der Waals surface area contributed by atoms with E-state index in [0.717, 1.165) is 25.7 Å². The van der Waals surface area contributed by atoms with Crippen molar-refractivity contribution in [2.45, 2.75) is 45.1 Å². The number of hydrogen-bond acceptors (Lipinski definition) is 3. The molecule has 0 aromatic rings. The minimum absolute atomic E-state index is 0.395. The number of primary amides is 1. The summed E-state index contributed by atoms with van der Waals surface area (Å²) in [5, 5.41) is 11.3. The van der Waals surface area contributed by atoms with Gasteiger partial charge in [0.2, 0.25) is 5.91 Å². The second-order valence-corrected chi connectivity index (χ2v) is 5.23. The minimum Gasteiger partial charge on any atom is -0.480 e. The lowest BCUT2D eigenvalue weighted by Gasteiger charge is -2.32. The summed E-state index contributed by atoms with van der Waals surface area (Å²) in [5.74, 6) is -1.36. The van der Waals surface area contributed by atoms with Crippen molar-refractivity contribution in [1.82, 2.24) is 10.2 Å². The Morgan fingerprint density at radius 3 is 2.40 bits per heavy atom. The molecule has 0 unspecified atom stereocenters. The highest BCUT2D eigenvalue weighted by Gasteiger charge is 2.27. The second-order valence-electron chi connectivity index (χ2n) is 5.23. The molecule has 0 aromatic heterocycles. The first-order valence-corrected chi connectivity index (χ1v) is 7.00. The summed E-state index contributed by atoms with van der Waals surface area (Å²) >= 11 is 0. The monoisotopic (exact) mass is 285 g/mol. The van der Waals surface area contributed by atoms with Gasteiger partial charge in [-0.2, -0.15) is 0 Å². The Morgan fingerprint density at radius 1 is 1.35 bits per heavy atom. The van der Waals surface area contributed by atoms with Crippen LogP contribution in [-0.2, 0) is 9.59 Å². The van der Waals surface area contributed by atoms with Gasteiger partial charge in [-0.25, -0.2) is 9.59 Å². The summed E-state index contributed by atoms with van der Waals surface area (Å²) in [6, 6.07) is -1.69. The van der Waals surface area contributed by atoms with E-state index in [1.807, 2.05) is 0 Å². The van der Waals surface area contributed by atoms with Gasteiger partial charge in [-0.05, 0) is 18.8 Å². The van der Waals surface area contributed by atoms with Gasteiger partial charge in [-0.3, -0.25) is 4.79 Å². The molecule has 114 valence electrons. The van der Waals surface area contributed by atoms with Crippen molar-refractivity contribution in [1.29, 1.82) is 0 Å². The summed E-state index contributed by atoms with van der Waals surface area (Å²) in [6.45, 7) is 3.39. The first-order valence-electron chi connectivity index (χ1n) is 7.00. The number of urea groups is 1. The maximum Gasteiger partial charge on any atom is 0.326 e. The summed E-state index contributed by atoms with van der Waals surface area (Å²) in [6.07, 6.45) is 3.78. The molecule has 0 saturated carbocycles. The molecular weight excluding hydrogens is 262 g/mol. The van der Waals surface area contributed by atoms with Crippen LogP contribution < -0.4 is 11.1 Å². The van der Waals surface area contributed by atoms with Crippen LogP contribution in [0.3, 0.4) is 0 Å². The molecule has 1 fully saturated rings. The topological polar surface area (TPSA) is 113 Å². The Kier molecular flexibility index (Phi) is 6.27. The van der Waals surface area contributed by atoms with Crippen LogP contribution >= 0.6 is 0 Å². The molecule has 0 spiro atoms. The summed E-state index contributed by atoms with van der Waals surface area (Å²) in [7, 11) is 0. The number of carboxylic acid groups (broad SMARTS) is 1. The van der Waals surface area contributed by atoms with Crippen molar-refractivity contribution in [3.05, 3.63) is 0 Å². The van der Waals surface area contributed by atoms with Gasteiger partial charge < -0.3 is 21.1 Å². The van der Waals surface area contributed by atoms with Crippen LogP contribution in [0.4, 0.5) is 4.79 Å². The molecule has 1 heterocycles. The molecule has 1 atom stereocenters. The van der Waals surface area contributed by atoms with E-state index in [0.29, 0.717) is 19.0 Å². The van der Waals surface area contributed by atoms with Gasteiger partial charge in [-0.15, -0.1) is 0 Å². The maximum atomic E-state index is 12.0. The summed E-state index contributed by atoms with van der Waals surface area (Å²) in [5.41, 5.74) is 4.97. The number of rotatable bonds is 6. The number of piperidine rings is 1. The van der Waals surface area contributed by atoms with E-state index in [1.54, 1.807) is 4.90 Å². The first kappa shape index (κ1) is 16.3. The molecule has 0 radical (unpaired) electrons. The third kappa shape index (κ3) is 5.07. The highest BCUT2D eigenvalue weighted by molar-refractivity contribution is 5.87. The van der Waals surface area contributed by atoms with Gasteiger partial charge in [0.1, 0.15) is 6.04 Å². The Balaban J connectivity index is 2.45. The Bertz CT molecular complexity index is 365. The Hall–Kier alpha value is -1.79. The number of nitrogens with one attached hydrogen (secondary N) is 1. The van der Waals surface area contributed by atoms with Gasteiger partial charge in [0, 0.05) is 13.1 Å². The van der Waals surface area contributed by atoms with Gasteiger partial charge >= 0.3 is 12.0 Å². The fourth-order valence-electron chi connectivity index (χ4n) is 2.47. The highest BCUT2D eigenvalue weighted by atomic mass is 16.4. The average molecular weight is 285 g/mol. The van der Waals surface area contributed by atoms with Crippen molar-refractivity contribution in [2.24, 2.45) is 11.7 Å². The third-order valence-corrected chi connectivity index (χ3v) is 3.60. The number of amides is 3. The molecule has 1 aliphatic heterocycles. The lowest BCUT2D eigenvalue weighted by molar-refractivity contribution is -0.141. The molecule has 7 heteroatoms. The molecule has 7 nitrogen and oxygen atoms in total. The third-order valence-electron chi connectivity index (χ3n) is 3.60. The molecule has 1 aliphatic rings. The molecule has 1 rings (SSSR count). The van der Waals surface area contributed by atoms with Crippen LogP contribution in [0.5, 0.6) is 0 Å². The van der Waals surface area contributed by atoms with E-state index in [2.05, 4.69) is 12.2 Å². The number of likely N-dealkylation sites (tertiary alicyclic amines) is 1. The average Bonchev–Trinajstić information content (AvgIpc) is 2.38. The number of carbonyl (C=O) groups excluding carboxylic acids is 2. The molecule has 0 bridgehead atoms. The number of hydrogen-bond donors (Lipinski definition) is 3. The zero-order valence-corrected chi connectivity index (χ0v) is 11.8. The Labute approximate surface area is 118 Å². The van der Waals surface area contributed by atoms with Gasteiger partial charge in [0.05, 0.1) is 6.42 Å². The molecule has 0 aliphatic carbocycles. The number of nitrogens with two attached hydrogens (primary N) is 1. The van der Waals surface area contributed by atoms with Crippen molar-refractivity contribution in [3.8, 4) is 0 Å². The maximum absolute atomic E-state index is 12.0. The van der Waals surface area contributed by atoms with Crippen molar-refractivity contribution >= 4 is 17.9 Å². The number of carboxylic acids is 1. The molecule has 4 N–H and O–H groups in total. The van der Waals surface area contributed by atoms with Crippen LogP contribution in [-0.4, -0.2) is 47.0 Å². The van der Waals surface area contributed by atoms with Crippen LogP contribution in [0.15, 0.2) is 0 Å². The first-order chi connectivity index (χ1) is 9.43. The van der Waals surface area contributed by atoms with E-state index in [-0.39, 0.29) is 0 Å².